The Bertz CT molecular complexity index is 1040. The van der Waals surface area contributed by atoms with Gasteiger partial charge in [0.15, 0.2) is 17.4 Å². The minimum Gasteiger partial charge on any atom is -0.393 e. The molecule has 2 aromatic rings. The van der Waals surface area contributed by atoms with Crippen LogP contribution in [0.4, 0.5) is 34.9 Å². The monoisotopic (exact) mass is 517 g/mol. The van der Waals surface area contributed by atoms with Crippen molar-refractivity contribution >= 4 is 34.7 Å². The average molecular weight is 518 g/mol. The van der Waals surface area contributed by atoms with Gasteiger partial charge < -0.3 is 21.1 Å². The van der Waals surface area contributed by atoms with E-state index in [-0.39, 0.29) is 34.0 Å². The largest absolute Gasteiger partial charge is 0.416 e. The number of rotatable bonds is 9. The lowest BCUT2D eigenvalue weighted by Crippen LogP contribution is -2.44. The summed E-state index contributed by atoms with van der Waals surface area (Å²) >= 11 is 5.83. The van der Waals surface area contributed by atoms with Crippen LogP contribution in [0.15, 0.2) is 24.5 Å². The Balaban J connectivity index is 1.55. The molecule has 1 fully saturated rings. The van der Waals surface area contributed by atoms with Crippen LogP contribution < -0.4 is 16.0 Å². The molecular formula is C23H28ClF4N5O2. The van der Waals surface area contributed by atoms with E-state index in [1.807, 2.05) is 0 Å². The summed E-state index contributed by atoms with van der Waals surface area (Å²) in [5, 5.41) is 13.2. The third-order valence-electron chi connectivity index (χ3n) is 6.17. The van der Waals surface area contributed by atoms with Crippen LogP contribution in [0.5, 0.6) is 0 Å². The molecule has 35 heavy (non-hydrogen) atoms. The van der Waals surface area contributed by atoms with Crippen molar-refractivity contribution in [3.63, 3.8) is 0 Å². The molecule has 0 spiro atoms. The van der Waals surface area contributed by atoms with Gasteiger partial charge in [-0.2, -0.15) is 17.6 Å². The van der Waals surface area contributed by atoms with Crippen LogP contribution in [0.3, 0.4) is 0 Å². The van der Waals surface area contributed by atoms with Crippen LogP contribution in [-0.4, -0.2) is 46.1 Å². The van der Waals surface area contributed by atoms with Gasteiger partial charge in [0.1, 0.15) is 6.33 Å². The first-order valence-corrected chi connectivity index (χ1v) is 11.7. The molecule has 7 nitrogen and oxygen atoms in total. The highest BCUT2D eigenvalue weighted by Crippen LogP contribution is 2.34. The number of nitrogens with zero attached hydrogens (tertiary/aromatic N) is 3. The first-order valence-electron chi connectivity index (χ1n) is 11.3. The molecule has 0 bridgehead atoms. The van der Waals surface area contributed by atoms with Gasteiger partial charge in [-0.25, -0.2) is 9.97 Å². The summed E-state index contributed by atoms with van der Waals surface area (Å²) < 4.78 is 53.5. The summed E-state index contributed by atoms with van der Waals surface area (Å²) in [7, 11) is 0. The highest BCUT2D eigenvalue weighted by atomic mass is 35.5. The number of hydrogen-bond acceptors (Lipinski definition) is 7. The highest BCUT2D eigenvalue weighted by Gasteiger charge is 2.32. The number of Topliss-reactive ketones (excluding diaryl/α,β-unsaturated/α-hetero) is 1. The molecular weight excluding hydrogens is 490 g/mol. The molecule has 0 unspecified atom stereocenters. The maximum absolute atomic E-state index is 14.3. The Hall–Kier alpha value is -2.66. The number of aliphatic hydroxyl groups is 1. The Morgan fingerprint density at radius 3 is 2.74 bits per heavy atom. The van der Waals surface area contributed by atoms with Gasteiger partial charge in [-0.3, -0.25) is 4.79 Å². The number of nitrogen functional groups attached to an aromatic ring is 1. The average Bonchev–Trinajstić information content (AvgIpc) is 2.78. The van der Waals surface area contributed by atoms with E-state index in [1.165, 1.54) is 19.3 Å². The van der Waals surface area contributed by atoms with E-state index in [0.29, 0.717) is 45.2 Å². The number of aromatic nitrogens is 2. The summed E-state index contributed by atoms with van der Waals surface area (Å²) in [6.07, 6.45) is -1.18. The molecule has 192 valence electrons. The second kappa shape index (κ2) is 11.4. The molecule has 0 saturated carbocycles. The summed E-state index contributed by atoms with van der Waals surface area (Å²) in [5.74, 6) is -1.16. The van der Waals surface area contributed by atoms with Crippen molar-refractivity contribution in [2.75, 3.05) is 29.0 Å². The Labute approximate surface area is 205 Å². The number of aliphatic hydroxyl groups excluding tert-OH is 1. The molecule has 1 saturated heterocycles. The third kappa shape index (κ3) is 7.17. The lowest BCUT2D eigenvalue weighted by Gasteiger charge is -2.37. The maximum Gasteiger partial charge on any atom is 0.416 e. The molecule has 0 aliphatic carbocycles. The number of halogens is 5. The van der Waals surface area contributed by atoms with Crippen LogP contribution in [-0.2, 0) is 11.0 Å². The van der Waals surface area contributed by atoms with E-state index in [1.54, 1.807) is 4.90 Å². The van der Waals surface area contributed by atoms with Gasteiger partial charge in [-0.1, -0.05) is 24.4 Å². The fourth-order valence-electron chi connectivity index (χ4n) is 4.26. The van der Waals surface area contributed by atoms with Crippen LogP contribution in [0, 0.1) is 11.7 Å². The van der Waals surface area contributed by atoms with Gasteiger partial charge in [-0.05, 0) is 44.4 Å². The summed E-state index contributed by atoms with van der Waals surface area (Å²) in [6.45, 7) is 2.20. The number of ketones is 1. The quantitative estimate of drug-likeness (QED) is 0.327. The van der Waals surface area contributed by atoms with Crippen molar-refractivity contribution in [2.45, 2.75) is 57.3 Å². The van der Waals surface area contributed by atoms with Crippen molar-refractivity contribution < 1.29 is 27.5 Å². The molecule has 1 aromatic heterocycles. The van der Waals surface area contributed by atoms with Crippen LogP contribution in [0.25, 0.3) is 0 Å². The van der Waals surface area contributed by atoms with E-state index in [2.05, 4.69) is 15.3 Å². The number of anilines is 3. The standard InChI is InChI=1S/C23H28ClF4N5O2/c1-13(34)18(32-17-9-15(23(26,27)28)8-16(24)10-17)5-3-2-4-14-11-33(7-6-19(14)35)22-20(25)21(29)30-12-31-22/h8-10,12,14,18-19,32,35H,2-7,11H2,1H3,(H2,29,30,31)/t14-,18+,19-/m0/s1. The van der Waals surface area contributed by atoms with E-state index in [4.69, 9.17) is 17.3 Å². The second-order valence-corrected chi connectivity index (χ2v) is 9.21. The molecule has 1 aromatic carbocycles. The van der Waals surface area contributed by atoms with Gasteiger partial charge in [-0.15, -0.1) is 0 Å². The number of carbonyl (C=O) groups is 1. The minimum atomic E-state index is -4.55. The van der Waals surface area contributed by atoms with Crippen molar-refractivity contribution in [1.29, 1.82) is 0 Å². The second-order valence-electron chi connectivity index (χ2n) is 8.78. The number of carbonyl (C=O) groups excluding carboxylic acids is 1. The van der Waals surface area contributed by atoms with Crippen molar-refractivity contribution in [2.24, 2.45) is 5.92 Å². The lowest BCUT2D eigenvalue weighted by atomic mass is 9.89. The summed E-state index contributed by atoms with van der Waals surface area (Å²) in [5.41, 5.74) is 4.76. The molecule has 2 heterocycles. The molecule has 0 radical (unpaired) electrons. The molecule has 1 aliphatic rings. The van der Waals surface area contributed by atoms with Gasteiger partial charge >= 0.3 is 6.18 Å². The van der Waals surface area contributed by atoms with E-state index >= 15 is 0 Å². The van der Waals surface area contributed by atoms with Crippen LogP contribution in [0.1, 0.15) is 44.6 Å². The zero-order valence-electron chi connectivity index (χ0n) is 19.2. The zero-order valence-corrected chi connectivity index (χ0v) is 19.9. The Morgan fingerprint density at radius 2 is 2.06 bits per heavy atom. The smallest absolute Gasteiger partial charge is 0.393 e. The van der Waals surface area contributed by atoms with Crippen molar-refractivity contribution in [3.05, 3.63) is 40.9 Å². The first-order chi connectivity index (χ1) is 16.5. The molecule has 3 rings (SSSR count). The fraction of sp³-hybridized carbons (Fsp3) is 0.522. The number of piperidine rings is 1. The van der Waals surface area contributed by atoms with Gasteiger partial charge in [0.25, 0.3) is 0 Å². The lowest BCUT2D eigenvalue weighted by molar-refractivity contribution is -0.137. The normalized spacial score (nSPS) is 19.5. The Morgan fingerprint density at radius 1 is 1.31 bits per heavy atom. The molecule has 0 amide bonds. The first kappa shape index (κ1) is 26.9. The number of hydrogen-bond donors (Lipinski definition) is 3. The zero-order chi connectivity index (χ0) is 25.8. The molecule has 1 aliphatic heterocycles. The SMILES string of the molecule is CC(=O)[C@@H](CCCC[C@H]1CN(c2ncnc(N)c2F)CC[C@@H]1O)Nc1cc(Cl)cc(C(F)(F)F)c1. The number of benzene rings is 1. The maximum atomic E-state index is 14.3. The number of unbranched alkanes of at least 4 members (excludes halogenated alkanes) is 1. The number of alkyl halides is 3. The predicted molar refractivity (Wildman–Crippen MR) is 126 cm³/mol. The van der Waals surface area contributed by atoms with Crippen molar-refractivity contribution in [1.82, 2.24) is 9.97 Å². The van der Waals surface area contributed by atoms with E-state index < -0.39 is 29.7 Å². The minimum absolute atomic E-state index is 0.0812. The number of nitrogens with one attached hydrogen (secondary N) is 1. The highest BCUT2D eigenvalue weighted by molar-refractivity contribution is 6.31. The van der Waals surface area contributed by atoms with Gasteiger partial charge in [0, 0.05) is 29.7 Å². The van der Waals surface area contributed by atoms with Crippen molar-refractivity contribution in [3.8, 4) is 0 Å². The summed E-state index contributed by atoms with van der Waals surface area (Å²) in [6, 6.07) is 2.42. The molecule has 12 heteroatoms. The fourth-order valence-corrected chi connectivity index (χ4v) is 4.49. The van der Waals surface area contributed by atoms with Gasteiger partial charge in [0.05, 0.1) is 17.7 Å². The summed E-state index contributed by atoms with van der Waals surface area (Å²) in [4.78, 5) is 21.4. The topological polar surface area (TPSA) is 104 Å². The van der Waals surface area contributed by atoms with Gasteiger partial charge in [0.2, 0.25) is 5.82 Å². The third-order valence-corrected chi connectivity index (χ3v) is 6.38. The molecule has 3 atom stereocenters. The Kier molecular flexibility index (Phi) is 8.76. The molecule has 4 N–H and O–H groups in total. The van der Waals surface area contributed by atoms with E-state index in [0.717, 1.165) is 12.1 Å². The van der Waals surface area contributed by atoms with Crippen LogP contribution in [0.2, 0.25) is 5.02 Å². The van der Waals surface area contributed by atoms with E-state index in [9.17, 15) is 27.5 Å². The number of nitrogens with two attached hydrogens (primary N) is 1. The van der Waals surface area contributed by atoms with Crippen LogP contribution >= 0.6 is 11.6 Å². The predicted octanol–water partition coefficient (Wildman–Crippen LogP) is 4.69.